The second kappa shape index (κ2) is 5.02. The van der Waals surface area contributed by atoms with Gasteiger partial charge in [-0.15, -0.1) is 0 Å². The van der Waals surface area contributed by atoms with Crippen LogP contribution < -0.4 is 0 Å². The molecule has 26 heavy (non-hydrogen) atoms. The van der Waals surface area contributed by atoms with Gasteiger partial charge in [0.25, 0.3) is 0 Å². The maximum absolute atomic E-state index is 11.7. The molecule has 0 aromatic heterocycles. The number of hydrogen-bond donors (Lipinski definition) is 6. The molecule has 0 aromatic carbocycles. The largest absolute Gasteiger partial charge is 0.392 e. The molecule has 6 nitrogen and oxygen atoms in total. The summed E-state index contributed by atoms with van der Waals surface area (Å²) < 4.78 is 0. The van der Waals surface area contributed by atoms with Gasteiger partial charge >= 0.3 is 0 Å². The number of fused-ring (bicyclic) bond motifs is 2. The molecule has 10 atom stereocenters. The lowest BCUT2D eigenvalue weighted by Gasteiger charge is -2.51. The highest BCUT2D eigenvalue weighted by molar-refractivity contribution is 5.25. The van der Waals surface area contributed by atoms with Crippen LogP contribution in [0.3, 0.4) is 0 Å². The summed E-state index contributed by atoms with van der Waals surface area (Å²) in [6, 6.07) is 0. The van der Waals surface area contributed by atoms with Crippen LogP contribution >= 0.6 is 0 Å². The third-order valence-corrected chi connectivity index (χ3v) is 9.26. The Morgan fingerprint density at radius 2 is 1.42 bits per heavy atom. The summed E-state index contributed by atoms with van der Waals surface area (Å²) in [5.74, 6) is -1.34. The molecule has 6 N–H and O–H groups in total. The van der Waals surface area contributed by atoms with E-state index in [4.69, 9.17) is 0 Å². The minimum atomic E-state index is -1.66. The van der Waals surface area contributed by atoms with Crippen molar-refractivity contribution in [1.82, 2.24) is 0 Å². The Labute approximate surface area is 154 Å². The average Bonchev–Trinajstić information content (AvgIpc) is 2.72. The molecule has 0 aliphatic heterocycles. The van der Waals surface area contributed by atoms with Crippen LogP contribution in [0.1, 0.15) is 59.8 Å². The van der Waals surface area contributed by atoms with Gasteiger partial charge < -0.3 is 30.6 Å². The summed E-state index contributed by atoms with van der Waals surface area (Å²) in [5, 5.41) is 67.1. The molecular weight excluding hydrogens is 336 g/mol. The third kappa shape index (κ3) is 1.89. The molecule has 2 bridgehead atoms. The van der Waals surface area contributed by atoms with E-state index >= 15 is 0 Å². The molecule has 0 heterocycles. The molecule has 4 rings (SSSR count). The topological polar surface area (TPSA) is 121 Å². The first kappa shape index (κ1) is 19.1. The SMILES string of the molecule is CC1(C)[C@@H](O)C[C@H]2[C@](C)(O)[C@@H]3CC[C@H]4[C@@H](O)[C@@]3(C[C@H](O)[C@@]21O)C[C@@]4(C)O. The lowest BCUT2D eigenvalue weighted by Crippen LogP contribution is -2.60. The van der Waals surface area contributed by atoms with Gasteiger partial charge in [-0.05, 0) is 51.9 Å². The van der Waals surface area contributed by atoms with Crippen LogP contribution in [0.15, 0.2) is 0 Å². The molecule has 150 valence electrons. The summed E-state index contributed by atoms with van der Waals surface area (Å²) in [6.45, 7) is 6.87. The van der Waals surface area contributed by atoms with Crippen molar-refractivity contribution in [3.8, 4) is 0 Å². The Kier molecular flexibility index (Phi) is 3.69. The van der Waals surface area contributed by atoms with Crippen molar-refractivity contribution in [3.63, 3.8) is 0 Å². The van der Waals surface area contributed by atoms with Gasteiger partial charge in [-0.2, -0.15) is 0 Å². The minimum Gasteiger partial charge on any atom is -0.392 e. The zero-order chi connectivity index (χ0) is 19.5. The van der Waals surface area contributed by atoms with E-state index in [9.17, 15) is 30.6 Å². The highest BCUT2D eigenvalue weighted by atomic mass is 16.4. The minimum absolute atomic E-state index is 0.116. The van der Waals surface area contributed by atoms with Crippen molar-refractivity contribution in [2.45, 2.75) is 94.9 Å². The Morgan fingerprint density at radius 3 is 2.04 bits per heavy atom. The summed E-state index contributed by atoms with van der Waals surface area (Å²) in [4.78, 5) is 0. The molecule has 4 aliphatic carbocycles. The maximum Gasteiger partial charge on any atom is 0.104 e. The van der Waals surface area contributed by atoms with Crippen LogP contribution in [-0.2, 0) is 0 Å². The summed E-state index contributed by atoms with van der Waals surface area (Å²) in [7, 11) is 0. The maximum atomic E-state index is 11.7. The van der Waals surface area contributed by atoms with Crippen LogP contribution in [0, 0.1) is 28.6 Å². The summed E-state index contributed by atoms with van der Waals surface area (Å²) in [6.07, 6.45) is -1.01. The van der Waals surface area contributed by atoms with Crippen LogP contribution in [0.4, 0.5) is 0 Å². The van der Waals surface area contributed by atoms with Crippen molar-refractivity contribution in [2.24, 2.45) is 28.6 Å². The van der Waals surface area contributed by atoms with E-state index in [0.29, 0.717) is 19.3 Å². The van der Waals surface area contributed by atoms with Crippen molar-refractivity contribution < 1.29 is 30.6 Å². The van der Waals surface area contributed by atoms with E-state index in [1.807, 2.05) is 0 Å². The third-order valence-electron chi connectivity index (χ3n) is 9.26. The van der Waals surface area contributed by atoms with E-state index in [1.165, 1.54) is 0 Å². The van der Waals surface area contributed by atoms with Gasteiger partial charge in [-0.3, -0.25) is 0 Å². The highest BCUT2D eigenvalue weighted by Gasteiger charge is 2.76. The Hall–Kier alpha value is -0.240. The van der Waals surface area contributed by atoms with Crippen LogP contribution in [0.2, 0.25) is 0 Å². The van der Waals surface area contributed by atoms with Gasteiger partial charge in [0.15, 0.2) is 0 Å². The predicted octanol–water partition coefficient (Wildman–Crippen LogP) is 0.168. The van der Waals surface area contributed by atoms with Crippen LogP contribution in [0.25, 0.3) is 0 Å². The van der Waals surface area contributed by atoms with E-state index in [2.05, 4.69) is 0 Å². The lowest BCUT2D eigenvalue weighted by atomic mass is 9.57. The fourth-order valence-corrected chi connectivity index (χ4v) is 7.80. The van der Waals surface area contributed by atoms with Gasteiger partial charge in [0.1, 0.15) is 5.60 Å². The summed E-state index contributed by atoms with van der Waals surface area (Å²) >= 11 is 0. The molecule has 4 aliphatic rings. The average molecular weight is 370 g/mol. The molecule has 4 saturated carbocycles. The van der Waals surface area contributed by atoms with Gasteiger partial charge in [0.05, 0.1) is 29.5 Å². The van der Waals surface area contributed by atoms with Crippen LogP contribution in [-0.4, -0.2) is 65.8 Å². The van der Waals surface area contributed by atoms with Gasteiger partial charge in [0, 0.05) is 22.7 Å². The van der Waals surface area contributed by atoms with Crippen LogP contribution in [0.5, 0.6) is 0 Å². The first-order valence-electron chi connectivity index (χ1n) is 9.94. The molecule has 4 fully saturated rings. The quantitative estimate of drug-likeness (QED) is 0.361. The standard InChI is InChI=1S/C20H34O6/c1-16(2)13(21)7-12-18(4,25)11-6-5-10-15(23)19(11,9-17(10,3)24)8-14(22)20(12,16)26/h10-15,21-26H,5-9H2,1-4H3/t10-,11-,12-,13-,14-,15+,17+,18+,19-,20-/m0/s1. The van der Waals surface area contributed by atoms with Crippen molar-refractivity contribution in [2.75, 3.05) is 0 Å². The normalized spacial score (nSPS) is 63.9. The fraction of sp³-hybridized carbons (Fsp3) is 1.00. The van der Waals surface area contributed by atoms with Gasteiger partial charge in [-0.25, -0.2) is 0 Å². The fourth-order valence-electron chi connectivity index (χ4n) is 7.80. The van der Waals surface area contributed by atoms with Crippen molar-refractivity contribution in [1.29, 1.82) is 0 Å². The Morgan fingerprint density at radius 1 is 0.808 bits per heavy atom. The summed E-state index contributed by atoms with van der Waals surface area (Å²) in [5.41, 5.74) is -5.91. The smallest absolute Gasteiger partial charge is 0.104 e. The number of hydrogen-bond acceptors (Lipinski definition) is 6. The van der Waals surface area contributed by atoms with E-state index in [-0.39, 0.29) is 24.7 Å². The lowest BCUT2D eigenvalue weighted by molar-refractivity contribution is -0.201. The second-order valence-corrected chi connectivity index (χ2v) is 10.7. The molecule has 1 spiro atoms. The molecule has 0 radical (unpaired) electrons. The zero-order valence-electron chi connectivity index (χ0n) is 16.2. The predicted molar refractivity (Wildman–Crippen MR) is 94.0 cm³/mol. The van der Waals surface area contributed by atoms with E-state index < -0.39 is 51.9 Å². The first-order chi connectivity index (χ1) is 11.7. The monoisotopic (exact) mass is 370 g/mol. The first-order valence-corrected chi connectivity index (χ1v) is 9.94. The molecule has 0 saturated heterocycles. The Bertz CT molecular complexity index is 615. The molecule has 0 aromatic rings. The number of aliphatic hydroxyl groups is 6. The van der Waals surface area contributed by atoms with E-state index in [0.717, 1.165) is 0 Å². The number of rotatable bonds is 0. The molecule has 0 unspecified atom stereocenters. The van der Waals surface area contributed by atoms with Crippen molar-refractivity contribution in [3.05, 3.63) is 0 Å². The highest BCUT2D eigenvalue weighted by Crippen LogP contribution is 2.69. The van der Waals surface area contributed by atoms with Crippen molar-refractivity contribution >= 4 is 0 Å². The Balaban J connectivity index is 1.89. The van der Waals surface area contributed by atoms with Gasteiger partial charge in [-0.1, -0.05) is 13.8 Å². The molecule has 0 amide bonds. The molecule has 6 heteroatoms. The zero-order valence-corrected chi connectivity index (χ0v) is 16.2. The second-order valence-electron chi connectivity index (χ2n) is 10.7. The van der Waals surface area contributed by atoms with E-state index in [1.54, 1.807) is 27.7 Å². The number of aliphatic hydroxyl groups excluding tert-OH is 3. The van der Waals surface area contributed by atoms with Gasteiger partial charge in [0.2, 0.25) is 0 Å². The molecular formula is C20H34O6.